The first-order chi connectivity index (χ1) is 8.44. The Labute approximate surface area is 105 Å². The lowest BCUT2D eigenvalue weighted by atomic mass is 10.3. The highest BCUT2D eigenvalue weighted by molar-refractivity contribution is 7.85. The Morgan fingerprint density at radius 3 is 2.78 bits per heavy atom. The zero-order valence-electron chi connectivity index (χ0n) is 9.57. The first-order valence-corrected chi connectivity index (χ1v) is 7.12. The average Bonchev–Trinajstić information content (AvgIpc) is 3.10. The third-order valence-corrected chi connectivity index (χ3v) is 3.20. The maximum absolute atomic E-state index is 11.6. The van der Waals surface area contributed by atoms with Crippen LogP contribution in [0.4, 0.5) is 0 Å². The second kappa shape index (κ2) is 4.99. The normalized spacial score (nSPS) is 15.4. The van der Waals surface area contributed by atoms with Crippen molar-refractivity contribution < 1.29 is 22.4 Å². The van der Waals surface area contributed by atoms with E-state index in [0.29, 0.717) is 5.56 Å². The van der Waals surface area contributed by atoms with Gasteiger partial charge in [0.05, 0.1) is 11.3 Å². The molecule has 1 aromatic heterocycles. The first-order valence-electron chi connectivity index (χ1n) is 5.54. The SMILES string of the molecule is O=C(NC1CC1)c1cc[n+](CCS(=O)(=O)[O-])nc1. The van der Waals surface area contributed by atoms with Gasteiger partial charge in [-0.2, -0.15) is 0 Å². The predicted octanol–water partition coefficient (Wildman–Crippen LogP) is -1.19. The van der Waals surface area contributed by atoms with Crippen LogP contribution in [0.2, 0.25) is 0 Å². The van der Waals surface area contributed by atoms with Gasteiger partial charge in [-0.1, -0.05) is 4.68 Å². The van der Waals surface area contributed by atoms with E-state index in [1.54, 1.807) is 6.07 Å². The number of aromatic nitrogens is 2. The van der Waals surface area contributed by atoms with E-state index < -0.39 is 15.9 Å². The van der Waals surface area contributed by atoms with Gasteiger partial charge in [0.1, 0.15) is 16.3 Å². The summed E-state index contributed by atoms with van der Waals surface area (Å²) in [6, 6.07) is 1.82. The Kier molecular flexibility index (Phi) is 3.58. The number of aryl methyl sites for hydroxylation is 1. The summed E-state index contributed by atoms with van der Waals surface area (Å²) in [4.78, 5) is 11.6. The number of nitrogens with one attached hydrogen (secondary N) is 1. The molecular weight excluding hydrogens is 258 g/mol. The fourth-order valence-corrected chi connectivity index (χ4v) is 1.76. The molecule has 0 spiro atoms. The van der Waals surface area contributed by atoms with E-state index in [1.165, 1.54) is 17.1 Å². The first kappa shape index (κ1) is 12.9. The molecule has 0 saturated heterocycles. The summed E-state index contributed by atoms with van der Waals surface area (Å²) in [5.41, 5.74) is 0.420. The maximum atomic E-state index is 11.6. The molecule has 18 heavy (non-hydrogen) atoms. The molecule has 98 valence electrons. The van der Waals surface area contributed by atoms with Crippen LogP contribution in [0.25, 0.3) is 0 Å². The second-order valence-electron chi connectivity index (χ2n) is 4.19. The Morgan fingerprint density at radius 1 is 1.56 bits per heavy atom. The van der Waals surface area contributed by atoms with Crippen LogP contribution < -0.4 is 10.00 Å². The second-order valence-corrected chi connectivity index (χ2v) is 5.71. The van der Waals surface area contributed by atoms with Crippen LogP contribution in [-0.2, 0) is 16.7 Å². The molecule has 0 atom stereocenters. The fourth-order valence-electron chi connectivity index (χ4n) is 1.35. The van der Waals surface area contributed by atoms with E-state index in [4.69, 9.17) is 0 Å². The molecule has 1 amide bonds. The number of nitrogens with zero attached hydrogens (tertiary/aromatic N) is 2. The molecule has 0 unspecified atom stereocenters. The molecule has 8 heteroatoms. The third-order valence-electron chi connectivity index (χ3n) is 2.52. The highest BCUT2D eigenvalue weighted by atomic mass is 32.2. The summed E-state index contributed by atoms with van der Waals surface area (Å²) in [6.45, 7) is -0.0175. The van der Waals surface area contributed by atoms with Gasteiger partial charge < -0.3 is 9.87 Å². The highest BCUT2D eigenvalue weighted by Crippen LogP contribution is 2.18. The molecule has 7 nitrogen and oxygen atoms in total. The van der Waals surface area contributed by atoms with Gasteiger partial charge in [0, 0.05) is 12.1 Å². The molecule has 1 N–H and O–H groups in total. The summed E-state index contributed by atoms with van der Waals surface area (Å²) in [5, 5.41) is 6.69. The smallest absolute Gasteiger partial charge is 0.253 e. The maximum Gasteiger partial charge on any atom is 0.253 e. The number of carbonyl (C=O) groups excluding carboxylic acids is 1. The molecule has 1 aliphatic rings. The van der Waals surface area contributed by atoms with E-state index in [0.717, 1.165) is 12.8 Å². The van der Waals surface area contributed by atoms with Gasteiger partial charge in [-0.15, -0.1) is 0 Å². The molecule has 1 aliphatic carbocycles. The van der Waals surface area contributed by atoms with Crippen molar-refractivity contribution in [2.45, 2.75) is 25.4 Å². The quantitative estimate of drug-likeness (QED) is 0.535. The van der Waals surface area contributed by atoms with Crippen molar-refractivity contribution in [3.05, 3.63) is 24.0 Å². The van der Waals surface area contributed by atoms with Crippen molar-refractivity contribution in [2.75, 3.05) is 5.75 Å². The van der Waals surface area contributed by atoms with Crippen molar-refractivity contribution in [1.29, 1.82) is 0 Å². The Bertz CT molecular complexity index is 537. The topological polar surface area (TPSA) is 103 Å². The van der Waals surface area contributed by atoms with Gasteiger partial charge in [-0.3, -0.25) is 4.79 Å². The van der Waals surface area contributed by atoms with Crippen molar-refractivity contribution in [2.24, 2.45) is 0 Å². The zero-order chi connectivity index (χ0) is 13.2. The Hall–Kier alpha value is -1.54. The molecule has 1 saturated carbocycles. The van der Waals surface area contributed by atoms with Crippen molar-refractivity contribution in [3.63, 3.8) is 0 Å². The van der Waals surface area contributed by atoms with Gasteiger partial charge >= 0.3 is 0 Å². The molecule has 0 radical (unpaired) electrons. The van der Waals surface area contributed by atoms with Gasteiger partial charge in [0.25, 0.3) is 5.91 Å². The lowest BCUT2D eigenvalue weighted by Crippen LogP contribution is -2.41. The molecular formula is C10H13N3O4S. The minimum absolute atomic E-state index is 0.0175. The van der Waals surface area contributed by atoms with Crippen LogP contribution >= 0.6 is 0 Å². The van der Waals surface area contributed by atoms with Crippen molar-refractivity contribution >= 4 is 16.0 Å². The van der Waals surface area contributed by atoms with Crippen LogP contribution in [0.15, 0.2) is 18.5 Å². The van der Waals surface area contributed by atoms with Crippen LogP contribution in [0.5, 0.6) is 0 Å². The molecule has 0 bridgehead atoms. The van der Waals surface area contributed by atoms with Crippen molar-refractivity contribution in [3.8, 4) is 0 Å². The molecule has 2 rings (SSSR count). The number of hydrogen-bond donors (Lipinski definition) is 1. The van der Waals surface area contributed by atoms with Gasteiger partial charge in [-0.05, 0) is 17.9 Å². The standard InChI is InChI=1S/C10H13N3O4S/c14-10(12-9-1-2-9)8-3-4-13(11-7-8)5-6-18(15,16)17/h3-4,7,9H,1-2,5-6H2,(H-,12,14,15,16,17). The number of hydrogen-bond acceptors (Lipinski definition) is 5. The minimum atomic E-state index is -4.25. The summed E-state index contributed by atoms with van der Waals surface area (Å²) in [5.74, 6) is -0.702. The van der Waals surface area contributed by atoms with E-state index in [-0.39, 0.29) is 18.5 Å². The van der Waals surface area contributed by atoms with Crippen molar-refractivity contribution in [1.82, 2.24) is 10.4 Å². The zero-order valence-corrected chi connectivity index (χ0v) is 10.4. The lowest BCUT2D eigenvalue weighted by molar-refractivity contribution is -0.750. The summed E-state index contributed by atoms with van der Waals surface area (Å²) in [6.07, 6.45) is 4.85. The summed E-state index contributed by atoms with van der Waals surface area (Å²) < 4.78 is 32.7. The molecule has 1 heterocycles. The third kappa shape index (κ3) is 4.04. The summed E-state index contributed by atoms with van der Waals surface area (Å²) >= 11 is 0. The molecule has 1 aromatic rings. The van der Waals surface area contributed by atoms with E-state index in [1.807, 2.05) is 0 Å². The van der Waals surface area contributed by atoms with Gasteiger partial charge in [-0.25, -0.2) is 8.42 Å². The Balaban J connectivity index is 1.94. The summed E-state index contributed by atoms with van der Waals surface area (Å²) in [7, 11) is -4.25. The largest absolute Gasteiger partial charge is 0.748 e. The highest BCUT2D eigenvalue weighted by Gasteiger charge is 2.24. The molecule has 0 aliphatic heterocycles. The Morgan fingerprint density at radius 2 is 2.28 bits per heavy atom. The van der Waals surface area contributed by atoms with Gasteiger partial charge in [0.2, 0.25) is 0 Å². The van der Waals surface area contributed by atoms with Crippen LogP contribution in [-0.4, -0.2) is 35.8 Å². The number of rotatable bonds is 5. The van der Waals surface area contributed by atoms with E-state index >= 15 is 0 Å². The fraction of sp³-hybridized carbons (Fsp3) is 0.500. The van der Waals surface area contributed by atoms with E-state index in [2.05, 4.69) is 10.4 Å². The molecule has 0 aromatic carbocycles. The minimum Gasteiger partial charge on any atom is -0.748 e. The van der Waals surface area contributed by atoms with Crippen LogP contribution in [0.3, 0.4) is 0 Å². The number of amides is 1. The van der Waals surface area contributed by atoms with Crippen LogP contribution in [0.1, 0.15) is 23.2 Å². The lowest BCUT2D eigenvalue weighted by Gasteiger charge is -2.03. The average molecular weight is 271 g/mol. The van der Waals surface area contributed by atoms with Gasteiger partial charge in [0.15, 0.2) is 12.7 Å². The predicted molar refractivity (Wildman–Crippen MR) is 59.5 cm³/mol. The monoisotopic (exact) mass is 271 g/mol. The van der Waals surface area contributed by atoms with E-state index in [9.17, 15) is 17.8 Å². The molecule has 1 fully saturated rings. The number of carbonyl (C=O) groups is 1. The van der Waals surface area contributed by atoms with Crippen LogP contribution in [0, 0.1) is 0 Å².